The van der Waals surface area contributed by atoms with Crippen molar-refractivity contribution >= 4 is 45.8 Å². The van der Waals surface area contributed by atoms with Gasteiger partial charge in [-0.05, 0) is 84.0 Å². The number of amides is 4. The highest BCUT2D eigenvalue weighted by molar-refractivity contribution is 6.07. The van der Waals surface area contributed by atoms with Gasteiger partial charge in [0.1, 0.15) is 36.1 Å². The first-order valence-corrected chi connectivity index (χ1v) is 22.1. The number of fused-ring (bicyclic) bond motifs is 6. The molecule has 0 radical (unpaired) electrons. The molecule has 5 heterocycles. The van der Waals surface area contributed by atoms with Gasteiger partial charge in [-0.15, -0.1) is 0 Å². The van der Waals surface area contributed by atoms with Gasteiger partial charge in [0.05, 0.1) is 48.7 Å². The zero-order valence-electron chi connectivity index (χ0n) is 37.3. The molecule has 6 aromatic rings. The standard InChI is InChI=1S/C49H54N8O8/c1-26(2)43(55(4)49(61)62)47(59)57-27(3)12-17-38(57)45-51-36-16-14-30-20-35-33-15-13-31(19-32(33)25-65-40(35)21-34(30)42(36)53-45)37-22-50-44(52-37)39-18-28(24-63-5)23-56(39)46(58)41(54-48(60)64-6)29-10-8-7-9-11-29/h7-11,13-16,19-22,26-28,38-39,41,43H,12,17-18,23-25H2,1-6H3,(H,50,52)(H,51,53)(H,54,60)(H,61,62)/t27-,28-,38-,39-,41+,43-/m0/s1. The van der Waals surface area contributed by atoms with Crippen molar-refractivity contribution in [3.63, 3.8) is 0 Å². The Labute approximate surface area is 376 Å². The number of imidazole rings is 2. The highest BCUT2D eigenvalue weighted by Gasteiger charge is 2.44. The summed E-state index contributed by atoms with van der Waals surface area (Å²) in [5.74, 6) is 1.44. The van der Waals surface area contributed by atoms with Crippen LogP contribution in [0.4, 0.5) is 9.59 Å². The van der Waals surface area contributed by atoms with Crippen molar-refractivity contribution in [2.24, 2.45) is 11.8 Å². The highest BCUT2D eigenvalue weighted by Crippen LogP contribution is 2.44. The minimum atomic E-state index is -1.14. The van der Waals surface area contributed by atoms with Crippen LogP contribution in [0.3, 0.4) is 0 Å². The largest absolute Gasteiger partial charge is 0.488 e. The molecule has 16 heteroatoms. The maximum atomic E-state index is 14.3. The van der Waals surface area contributed by atoms with E-state index in [1.807, 2.05) is 68.1 Å². The molecule has 338 valence electrons. The lowest BCUT2D eigenvalue weighted by atomic mass is 9.92. The monoisotopic (exact) mass is 882 g/mol. The topological polar surface area (TPSA) is 195 Å². The Morgan fingerprint density at radius 3 is 2.49 bits per heavy atom. The van der Waals surface area contributed by atoms with Crippen LogP contribution in [-0.2, 0) is 25.7 Å². The second-order valence-electron chi connectivity index (χ2n) is 17.8. The molecule has 2 aromatic heterocycles. The lowest BCUT2D eigenvalue weighted by Gasteiger charge is -2.36. The van der Waals surface area contributed by atoms with Crippen LogP contribution in [0.2, 0.25) is 0 Å². The van der Waals surface area contributed by atoms with Crippen molar-refractivity contribution in [1.82, 2.24) is 40.0 Å². The van der Waals surface area contributed by atoms with E-state index < -0.39 is 24.3 Å². The Hall–Kier alpha value is -6.94. The van der Waals surface area contributed by atoms with E-state index in [1.54, 1.807) is 18.2 Å². The third-order valence-corrected chi connectivity index (χ3v) is 13.3. The summed E-state index contributed by atoms with van der Waals surface area (Å²) in [6, 6.07) is 21.1. The fourth-order valence-electron chi connectivity index (χ4n) is 10.1. The molecule has 0 aliphatic carbocycles. The van der Waals surface area contributed by atoms with Crippen LogP contribution in [0.15, 0.2) is 79.0 Å². The van der Waals surface area contributed by atoms with Gasteiger partial charge in [0.2, 0.25) is 5.91 Å². The molecule has 4 amide bonds. The molecule has 0 spiro atoms. The van der Waals surface area contributed by atoms with Crippen molar-refractivity contribution in [2.45, 2.75) is 76.8 Å². The third kappa shape index (κ3) is 8.00. The zero-order chi connectivity index (χ0) is 45.7. The SMILES string of the molecule is COC[C@H]1C[C@@H](c2ncc(-c3ccc4c(c3)COc3cc5c(ccc6[nH]c([C@@H]7CC[C@H](C)N7C(=O)[C@H](C(C)C)N(C)C(=O)O)nc65)cc3-4)[nH]2)N(C(=O)[C@H](NC(=O)OC)c2ccccc2)C1. The minimum absolute atomic E-state index is 0.0643. The van der Waals surface area contributed by atoms with Crippen LogP contribution in [0.5, 0.6) is 5.75 Å². The predicted molar refractivity (Wildman–Crippen MR) is 243 cm³/mol. The predicted octanol–water partition coefficient (Wildman–Crippen LogP) is 7.99. The first-order chi connectivity index (χ1) is 31.3. The fourth-order valence-corrected chi connectivity index (χ4v) is 10.1. The summed E-state index contributed by atoms with van der Waals surface area (Å²) in [6.45, 7) is 7.00. The Bertz CT molecular complexity index is 2790. The van der Waals surface area contributed by atoms with E-state index in [-0.39, 0.29) is 41.8 Å². The first kappa shape index (κ1) is 43.3. The van der Waals surface area contributed by atoms with Crippen LogP contribution < -0.4 is 10.1 Å². The molecule has 2 fully saturated rings. The summed E-state index contributed by atoms with van der Waals surface area (Å²) in [5, 5.41) is 14.4. The van der Waals surface area contributed by atoms with Crippen molar-refractivity contribution in [3.8, 4) is 28.1 Å². The third-order valence-electron chi connectivity index (χ3n) is 13.3. The number of rotatable bonds is 11. The maximum absolute atomic E-state index is 14.3. The van der Waals surface area contributed by atoms with E-state index in [9.17, 15) is 24.3 Å². The molecule has 0 unspecified atom stereocenters. The van der Waals surface area contributed by atoms with Gasteiger partial charge in [0.15, 0.2) is 0 Å². The number of likely N-dealkylation sites (tertiary alicyclic amines) is 2. The van der Waals surface area contributed by atoms with Crippen molar-refractivity contribution < 1.29 is 38.5 Å². The quantitative estimate of drug-likeness (QED) is 0.0991. The molecule has 0 saturated carbocycles. The summed E-state index contributed by atoms with van der Waals surface area (Å²) in [7, 11) is 4.38. The van der Waals surface area contributed by atoms with Gasteiger partial charge in [0.25, 0.3) is 5.91 Å². The fraction of sp³-hybridized carbons (Fsp3) is 0.388. The Kier molecular flexibility index (Phi) is 11.7. The van der Waals surface area contributed by atoms with E-state index in [1.165, 1.54) is 14.2 Å². The molecule has 0 bridgehead atoms. The Morgan fingerprint density at radius 1 is 0.954 bits per heavy atom. The zero-order valence-corrected chi connectivity index (χ0v) is 37.3. The molecule has 2 saturated heterocycles. The number of aromatic nitrogens is 4. The van der Waals surface area contributed by atoms with E-state index in [4.69, 9.17) is 24.2 Å². The van der Waals surface area contributed by atoms with Crippen LogP contribution >= 0.6 is 0 Å². The van der Waals surface area contributed by atoms with E-state index in [0.717, 1.165) is 66.8 Å². The molecule has 3 aliphatic heterocycles. The number of nitrogens with one attached hydrogen (secondary N) is 3. The lowest BCUT2D eigenvalue weighted by molar-refractivity contribution is -0.140. The molecule has 9 rings (SSSR count). The number of carboxylic acid groups (broad SMARTS) is 1. The maximum Gasteiger partial charge on any atom is 0.407 e. The van der Waals surface area contributed by atoms with Crippen LogP contribution in [0, 0.1) is 11.8 Å². The number of carbonyl (C=O) groups excluding carboxylic acids is 3. The number of hydrogen-bond donors (Lipinski definition) is 4. The second kappa shape index (κ2) is 17.6. The number of methoxy groups -OCH3 is 2. The number of carbonyl (C=O) groups is 4. The Balaban J connectivity index is 0.979. The molecule has 4 aromatic carbocycles. The number of H-pyrrole nitrogens is 2. The molecular formula is C49H54N8O8. The van der Waals surface area contributed by atoms with E-state index >= 15 is 0 Å². The Morgan fingerprint density at radius 2 is 1.75 bits per heavy atom. The second-order valence-corrected chi connectivity index (χ2v) is 17.8. The van der Waals surface area contributed by atoms with Crippen molar-refractivity contribution in [3.05, 3.63) is 102 Å². The van der Waals surface area contributed by atoms with Gasteiger partial charge >= 0.3 is 12.2 Å². The molecule has 4 N–H and O–H groups in total. The summed E-state index contributed by atoms with van der Waals surface area (Å²) in [6.07, 6.45) is 2.07. The van der Waals surface area contributed by atoms with Gasteiger partial charge < -0.3 is 44.4 Å². The number of hydrogen-bond acceptors (Lipinski definition) is 9. The van der Waals surface area contributed by atoms with Gasteiger partial charge in [-0.25, -0.2) is 19.6 Å². The van der Waals surface area contributed by atoms with E-state index in [0.29, 0.717) is 49.8 Å². The summed E-state index contributed by atoms with van der Waals surface area (Å²) in [5.41, 5.74) is 7.02. The van der Waals surface area contributed by atoms with Crippen LogP contribution in [-0.4, -0.2) is 110 Å². The van der Waals surface area contributed by atoms with Crippen LogP contribution in [0.25, 0.3) is 44.2 Å². The lowest BCUT2D eigenvalue weighted by Crippen LogP contribution is -2.53. The number of alkyl carbamates (subject to hydrolysis) is 1. The van der Waals surface area contributed by atoms with Gasteiger partial charge in [-0.3, -0.25) is 14.5 Å². The number of nitrogens with zero attached hydrogens (tertiary/aromatic N) is 5. The van der Waals surface area contributed by atoms with Crippen molar-refractivity contribution in [1.29, 1.82) is 0 Å². The summed E-state index contributed by atoms with van der Waals surface area (Å²) < 4.78 is 16.9. The summed E-state index contributed by atoms with van der Waals surface area (Å²) in [4.78, 5) is 74.4. The summed E-state index contributed by atoms with van der Waals surface area (Å²) >= 11 is 0. The number of benzene rings is 4. The molecular weight excluding hydrogens is 829 g/mol. The average Bonchev–Trinajstić information content (AvgIpc) is 4.13. The first-order valence-electron chi connectivity index (χ1n) is 22.1. The molecule has 65 heavy (non-hydrogen) atoms. The molecule has 6 atom stereocenters. The smallest absolute Gasteiger partial charge is 0.407 e. The number of ether oxygens (including phenoxy) is 3. The van der Waals surface area contributed by atoms with E-state index in [2.05, 4.69) is 45.6 Å². The minimum Gasteiger partial charge on any atom is -0.488 e. The average molecular weight is 883 g/mol. The molecule has 3 aliphatic rings. The van der Waals surface area contributed by atoms with Crippen molar-refractivity contribution in [2.75, 3.05) is 34.4 Å². The normalized spacial score (nSPS) is 20.0. The number of aromatic amines is 2. The van der Waals surface area contributed by atoms with Gasteiger partial charge in [0, 0.05) is 43.6 Å². The highest BCUT2D eigenvalue weighted by atomic mass is 16.5. The number of likely N-dealkylation sites (N-methyl/N-ethyl adjacent to an activating group) is 1. The van der Waals surface area contributed by atoms with Gasteiger partial charge in [-0.2, -0.15) is 0 Å². The van der Waals surface area contributed by atoms with Gasteiger partial charge in [-0.1, -0.05) is 62.4 Å². The van der Waals surface area contributed by atoms with Crippen LogP contribution in [0.1, 0.15) is 80.9 Å². The molecule has 16 nitrogen and oxygen atoms in total.